The van der Waals surface area contributed by atoms with Crippen molar-refractivity contribution in [2.24, 2.45) is 0 Å². The molecule has 0 N–H and O–H groups in total. The van der Waals surface area contributed by atoms with E-state index < -0.39 is 20.8 Å². The first-order chi connectivity index (χ1) is 24.6. The molecule has 2 radical (unpaired) electrons. The molecule has 0 saturated carbocycles. The number of fused-ring (bicyclic) bond motifs is 2. The molecular formula is C46H56Cl2SiZr. The number of unbranched alkanes of at least 4 members (excludes halogenated alkanes) is 4. The number of benzene rings is 4. The molecule has 0 aromatic heterocycles. The quantitative estimate of drug-likeness (QED) is 0.0761. The van der Waals surface area contributed by atoms with Crippen molar-refractivity contribution in [1.29, 1.82) is 0 Å². The van der Waals surface area contributed by atoms with Gasteiger partial charge in [-0.3, -0.25) is 0 Å². The summed E-state index contributed by atoms with van der Waals surface area (Å²) in [5.41, 5.74) is 6.44. The average Bonchev–Trinajstić information content (AvgIpc) is 3.70. The van der Waals surface area contributed by atoms with E-state index in [-0.39, 0.29) is 0 Å². The monoisotopic (exact) mass is 796 g/mol. The van der Waals surface area contributed by atoms with E-state index in [4.69, 9.17) is 17.0 Å². The Labute approximate surface area is 325 Å². The minimum atomic E-state index is -0.826. The minimum absolute atomic E-state index is 0.777. The van der Waals surface area contributed by atoms with E-state index >= 15 is 0 Å². The van der Waals surface area contributed by atoms with E-state index in [0.717, 1.165) is 9.52 Å². The fraction of sp³-hybridized carbons (Fsp3) is 0.348. The predicted molar refractivity (Wildman–Crippen MR) is 223 cm³/mol. The van der Waals surface area contributed by atoms with Gasteiger partial charge in [-0.25, -0.2) is 0 Å². The van der Waals surface area contributed by atoms with Gasteiger partial charge in [0.1, 0.15) is 9.52 Å². The second kappa shape index (κ2) is 25.7. The van der Waals surface area contributed by atoms with Gasteiger partial charge in [0.05, 0.1) is 0 Å². The Kier molecular flexibility index (Phi) is 21.7. The van der Waals surface area contributed by atoms with Crippen molar-refractivity contribution in [3.63, 3.8) is 0 Å². The molecule has 0 unspecified atom stereocenters. The molecule has 262 valence electrons. The molecule has 0 fully saturated rings. The Morgan fingerprint density at radius 1 is 0.460 bits per heavy atom. The molecular weight excluding hydrogens is 743 g/mol. The Balaban J connectivity index is 0.000000197. The van der Waals surface area contributed by atoms with Crippen LogP contribution in [-0.2, 0) is 46.5 Å². The molecule has 6 aromatic carbocycles. The third kappa shape index (κ3) is 14.4. The number of hydrogen-bond acceptors (Lipinski definition) is 0. The zero-order valence-corrected chi connectivity index (χ0v) is 35.8. The van der Waals surface area contributed by atoms with Crippen molar-refractivity contribution in [2.75, 3.05) is 0 Å². The van der Waals surface area contributed by atoms with Crippen molar-refractivity contribution < 1.29 is 20.8 Å². The van der Waals surface area contributed by atoms with Gasteiger partial charge in [0.25, 0.3) is 0 Å². The maximum absolute atomic E-state index is 4.93. The van der Waals surface area contributed by atoms with E-state index in [1.165, 1.54) is 109 Å². The molecule has 0 bridgehead atoms. The second-order valence-corrected chi connectivity index (χ2v) is 17.9. The van der Waals surface area contributed by atoms with Crippen LogP contribution in [0.3, 0.4) is 0 Å². The van der Waals surface area contributed by atoms with Crippen molar-refractivity contribution in [2.45, 2.75) is 105 Å². The fourth-order valence-electron chi connectivity index (χ4n) is 6.38. The SMILES string of the molecule is CCCCc1[cH-]c2ccccc2c1CCCC.CCCCc1[cH-]c2ccccc2c1CCCC.[Cl][Zr+2][Cl].c1ccc([Si]c2ccccc2)cc1. The van der Waals surface area contributed by atoms with Crippen LogP contribution < -0.4 is 10.4 Å². The standard InChI is InChI=1S/2C17H23.C12H10Si.2ClH.Zr/c2*1-3-5-9-14-13-15-10-7-8-12-17(15)16(14)11-6-4-2;1-3-7-11(8-4-1)13-12-9-5-2-6-10-12;;;/h2*7-8,10,12-13H,3-6,9,11H2,1-2H3;1-10H;2*1H;/q2*-1;;;;+4/p-2. The Morgan fingerprint density at radius 3 is 1.14 bits per heavy atom. The molecule has 50 heavy (non-hydrogen) atoms. The summed E-state index contributed by atoms with van der Waals surface area (Å²) in [6.07, 6.45) is 15.4. The van der Waals surface area contributed by atoms with E-state index in [2.05, 4.69) is 149 Å². The first-order valence-electron chi connectivity index (χ1n) is 18.8. The third-order valence-corrected chi connectivity index (χ3v) is 10.2. The van der Waals surface area contributed by atoms with Crippen molar-refractivity contribution in [3.8, 4) is 0 Å². The Hall–Kier alpha value is -2.22. The van der Waals surface area contributed by atoms with Crippen LogP contribution >= 0.6 is 17.0 Å². The van der Waals surface area contributed by atoms with E-state index in [1.54, 1.807) is 22.3 Å². The van der Waals surface area contributed by atoms with Gasteiger partial charge in [0.2, 0.25) is 0 Å². The van der Waals surface area contributed by atoms with Crippen LogP contribution in [0.15, 0.2) is 121 Å². The number of aryl methyl sites for hydroxylation is 4. The summed E-state index contributed by atoms with van der Waals surface area (Å²) in [5, 5.41) is 8.65. The van der Waals surface area contributed by atoms with Gasteiger partial charge in [0, 0.05) is 0 Å². The molecule has 0 aliphatic heterocycles. The zero-order valence-electron chi connectivity index (χ0n) is 30.8. The van der Waals surface area contributed by atoms with Crippen LogP contribution in [0.1, 0.15) is 101 Å². The zero-order chi connectivity index (χ0) is 35.8. The van der Waals surface area contributed by atoms with Gasteiger partial charge in [-0.1, -0.05) is 175 Å². The van der Waals surface area contributed by atoms with E-state index in [1.807, 2.05) is 0 Å². The van der Waals surface area contributed by atoms with Crippen LogP contribution in [0.25, 0.3) is 21.5 Å². The first-order valence-corrected chi connectivity index (χ1v) is 26.1. The molecule has 0 nitrogen and oxygen atoms in total. The third-order valence-electron chi connectivity index (χ3n) is 9.00. The summed E-state index contributed by atoms with van der Waals surface area (Å²) >= 11 is -0.826. The number of rotatable bonds is 14. The molecule has 0 saturated heterocycles. The van der Waals surface area contributed by atoms with Crippen LogP contribution in [0, 0.1) is 0 Å². The molecule has 0 spiro atoms. The smallest absolute Gasteiger partial charge is 0.0631 e. The van der Waals surface area contributed by atoms with Crippen LogP contribution in [0.5, 0.6) is 0 Å². The molecule has 6 aromatic rings. The van der Waals surface area contributed by atoms with Crippen LogP contribution in [0.2, 0.25) is 0 Å². The van der Waals surface area contributed by atoms with Gasteiger partial charge in [-0.2, -0.15) is 11.1 Å². The normalized spacial score (nSPS) is 10.4. The van der Waals surface area contributed by atoms with Crippen molar-refractivity contribution in [3.05, 3.63) is 144 Å². The number of halogens is 2. The predicted octanol–water partition coefficient (Wildman–Crippen LogP) is 13.2. The van der Waals surface area contributed by atoms with Crippen molar-refractivity contribution in [1.82, 2.24) is 0 Å². The molecule has 6 rings (SSSR count). The van der Waals surface area contributed by atoms with E-state index in [0.29, 0.717) is 0 Å². The first kappa shape index (κ1) is 42.2. The van der Waals surface area contributed by atoms with Gasteiger partial charge in [0.15, 0.2) is 0 Å². The molecule has 0 aliphatic rings. The average molecular weight is 799 g/mol. The molecule has 0 aliphatic carbocycles. The Bertz CT molecular complexity index is 1590. The van der Waals surface area contributed by atoms with Gasteiger partial charge in [-0.15, -0.1) is 81.2 Å². The largest absolute Gasteiger partial charge is 0.121 e. The molecule has 4 heteroatoms. The molecule has 0 heterocycles. The molecule has 0 atom stereocenters. The van der Waals surface area contributed by atoms with E-state index in [9.17, 15) is 0 Å². The summed E-state index contributed by atoms with van der Waals surface area (Å²) in [6.45, 7) is 9.09. The Morgan fingerprint density at radius 2 is 0.780 bits per heavy atom. The number of hydrogen-bond donors (Lipinski definition) is 0. The maximum Gasteiger partial charge on any atom is 0.121 e. The fourth-order valence-corrected chi connectivity index (χ4v) is 7.43. The summed E-state index contributed by atoms with van der Waals surface area (Å²) in [6, 6.07) is 43.7. The van der Waals surface area contributed by atoms with Crippen LogP contribution in [0.4, 0.5) is 0 Å². The summed E-state index contributed by atoms with van der Waals surface area (Å²) in [7, 11) is 10.6. The van der Waals surface area contributed by atoms with Crippen LogP contribution in [-0.4, -0.2) is 9.52 Å². The van der Waals surface area contributed by atoms with Gasteiger partial charge >= 0.3 is 37.9 Å². The topological polar surface area (TPSA) is 0 Å². The van der Waals surface area contributed by atoms with Gasteiger partial charge < -0.3 is 0 Å². The van der Waals surface area contributed by atoms with Gasteiger partial charge in [-0.05, 0) is 12.8 Å². The summed E-state index contributed by atoms with van der Waals surface area (Å²) in [5.74, 6) is 0. The van der Waals surface area contributed by atoms with Crippen molar-refractivity contribution >= 4 is 58.5 Å². The second-order valence-electron chi connectivity index (χ2n) is 12.8. The summed E-state index contributed by atoms with van der Waals surface area (Å²) in [4.78, 5) is 0. The molecule has 0 amide bonds. The maximum atomic E-state index is 4.93. The summed E-state index contributed by atoms with van der Waals surface area (Å²) < 4.78 is 0. The minimum Gasteiger partial charge on any atom is -0.0631 e.